The second-order valence-corrected chi connectivity index (χ2v) is 4.89. The molecule has 0 radical (unpaired) electrons. The predicted octanol–water partition coefficient (Wildman–Crippen LogP) is 2.31. The summed E-state index contributed by atoms with van der Waals surface area (Å²) in [4.78, 5) is 17.4. The minimum atomic E-state index is 0.0212. The van der Waals surface area contributed by atoms with Crippen molar-refractivity contribution in [2.75, 3.05) is 24.6 Å². The van der Waals surface area contributed by atoms with E-state index in [9.17, 15) is 9.90 Å². The first-order valence-electron chi connectivity index (χ1n) is 6.72. The van der Waals surface area contributed by atoms with E-state index in [1.54, 1.807) is 0 Å². The van der Waals surface area contributed by atoms with Crippen LogP contribution in [0, 0.1) is 13.8 Å². The summed E-state index contributed by atoms with van der Waals surface area (Å²) in [5.41, 5.74) is 3.55. The zero-order valence-corrected chi connectivity index (χ0v) is 11.9. The molecule has 1 heterocycles. The molecule has 20 heavy (non-hydrogen) atoms. The minimum Gasteiger partial charge on any atom is -0.395 e. The first-order valence-corrected chi connectivity index (χ1v) is 6.72. The van der Waals surface area contributed by atoms with Gasteiger partial charge in [0, 0.05) is 29.2 Å². The summed E-state index contributed by atoms with van der Waals surface area (Å²) in [5.74, 6) is 0.0594. The number of ketones is 1. The van der Waals surface area contributed by atoms with E-state index in [1.165, 1.54) is 0 Å². The van der Waals surface area contributed by atoms with Gasteiger partial charge in [0.05, 0.1) is 13.2 Å². The number of benzene rings is 1. The Hall–Kier alpha value is -2.07. The lowest BCUT2D eigenvalue weighted by Gasteiger charge is -2.23. The number of nitrogens with one attached hydrogen (secondary N) is 1. The second kappa shape index (κ2) is 6.39. The summed E-state index contributed by atoms with van der Waals surface area (Å²) in [7, 11) is 0. The van der Waals surface area contributed by atoms with Gasteiger partial charge in [0.15, 0.2) is 5.78 Å². The number of nitrogens with zero attached hydrogens (tertiary/aromatic N) is 1. The molecule has 2 N–H and O–H groups in total. The highest BCUT2D eigenvalue weighted by atomic mass is 16.3. The first-order chi connectivity index (χ1) is 9.61. The molecule has 106 valence electrons. The van der Waals surface area contributed by atoms with Gasteiger partial charge in [-0.1, -0.05) is 18.2 Å². The number of rotatable bonds is 6. The fourth-order valence-corrected chi connectivity index (χ4v) is 2.33. The molecule has 0 bridgehead atoms. The fourth-order valence-electron chi connectivity index (χ4n) is 2.33. The normalized spacial score (nSPS) is 10.6. The Morgan fingerprint density at radius 3 is 2.50 bits per heavy atom. The molecule has 4 nitrogen and oxygen atoms in total. The van der Waals surface area contributed by atoms with E-state index in [2.05, 4.69) is 4.98 Å². The number of aromatic nitrogens is 1. The van der Waals surface area contributed by atoms with Crippen LogP contribution in [0.15, 0.2) is 36.4 Å². The van der Waals surface area contributed by atoms with Crippen LogP contribution in [0.25, 0.3) is 0 Å². The Labute approximate surface area is 119 Å². The van der Waals surface area contributed by atoms with Crippen molar-refractivity contribution in [1.82, 2.24) is 4.98 Å². The summed E-state index contributed by atoms with van der Waals surface area (Å²) in [5, 5.41) is 9.18. The molecule has 0 saturated carbocycles. The lowest BCUT2D eigenvalue weighted by molar-refractivity contribution is 0.0997. The van der Waals surface area contributed by atoms with E-state index in [1.807, 2.05) is 55.1 Å². The van der Waals surface area contributed by atoms with Crippen LogP contribution in [0.2, 0.25) is 0 Å². The maximum absolute atomic E-state index is 12.4. The number of H-pyrrole nitrogens is 1. The zero-order chi connectivity index (χ0) is 14.5. The van der Waals surface area contributed by atoms with Crippen molar-refractivity contribution < 1.29 is 9.90 Å². The molecule has 0 saturated heterocycles. The number of aliphatic hydroxyl groups is 1. The van der Waals surface area contributed by atoms with Crippen molar-refractivity contribution in [2.24, 2.45) is 0 Å². The van der Waals surface area contributed by atoms with Gasteiger partial charge in [-0.2, -0.15) is 0 Å². The number of hydrogen-bond donors (Lipinski definition) is 2. The number of para-hydroxylation sites is 1. The van der Waals surface area contributed by atoms with E-state index in [0.717, 1.165) is 22.6 Å². The van der Waals surface area contributed by atoms with Crippen molar-refractivity contribution in [1.29, 1.82) is 0 Å². The lowest BCUT2D eigenvalue weighted by Crippen LogP contribution is -2.32. The molecule has 1 aromatic heterocycles. The number of aliphatic hydroxyl groups excluding tert-OH is 1. The molecule has 0 aliphatic heterocycles. The Balaban J connectivity index is 2.16. The average molecular weight is 272 g/mol. The van der Waals surface area contributed by atoms with Gasteiger partial charge in [0.2, 0.25) is 0 Å². The topological polar surface area (TPSA) is 56.3 Å². The monoisotopic (exact) mass is 272 g/mol. The summed E-state index contributed by atoms with van der Waals surface area (Å²) >= 11 is 0. The van der Waals surface area contributed by atoms with Crippen LogP contribution in [0.3, 0.4) is 0 Å². The van der Waals surface area contributed by atoms with Crippen LogP contribution in [0.1, 0.15) is 21.7 Å². The molecule has 0 atom stereocenters. The highest BCUT2D eigenvalue weighted by Gasteiger charge is 2.16. The van der Waals surface area contributed by atoms with Crippen LogP contribution in [0.4, 0.5) is 5.69 Å². The number of aryl methyl sites for hydroxylation is 2. The molecule has 2 rings (SSSR count). The predicted molar refractivity (Wildman–Crippen MR) is 80.3 cm³/mol. The summed E-state index contributed by atoms with van der Waals surface area (Å²) in [6, 6.07) is 11.5. The lowest BCUT2D eigenvalue weighted by atomic mass is 10.1. The summed E-state index contributed by atoms with van der Waals surface area (Å²) < 4.78 is 0. The zero-order valence-electron chi connectivity index (χ0n) is 11.9. The third-order valence-corrected chi connectivity index (χ3v) is 3.28. The number of carbonyl (C=O) groups is 1. The number of anilines is 1. The second-order valence-electron chi connectivity index (χ2n) is 4.89. The third-order valence-electron chi connectivity index (χ3n) is 3.28. The molecule has 0 aliphatic carbocycles. The van der Waals surface area contributed by atoms with Gasteiger partial charge in [-0.15, -0.1) is 0 Å². The molecule has 0 aliphatic rings. The summed E-state index contributed by atoms with van der Waals surface area (Å²) in [6.45, 7) is 4.57. The molecule has 4 heteroatoms. The molecule has 0 amide bonds. The summed E-state index contributed by atoms with van der Waals surface area (Å²) in [6.07, 6.45) is 0. The van der Waals surface area contributed by atoms with Crippen molar-refractivity contribution in [3.05, 3.63) is 53.3 Å². The molecular weight excluding hydrogens is 252 g/mol. The highest BCUT2D eigenvalue weighted by molar-refractivity contribution is 6.00. The number of hydrogen-bond acceptors (Lipinski definition) is 3. The minimum absolute atomic E-state index is 0.0212. The third kappa shape index (κ3) is 3.27. The van der Waals surface area contributed by atoms with Crippen molar-refractivity contribution in [2.45, 2.75) is 13.8 Å². The number of Topliss-reactive ketones (excluding diaryl/α,β-unsaturated/α-hetero) is 1. The van der Waals surface area contributed by atoms with Gasteiger partial charge in [0.25, 0.3) is 0 Å². The number of carbonyl (C=O) groups excluding carboxylic acids is 1. The maximum atomic E-state index is 12.4. The molecule has 1 aromatic carbocycles. The van der Waals surface area contributed by atoms with E-state index in [4.69, 9.17) is 0 Å². The van der Waals surface area contributed by atoms with Gasteiger partial charge in [-0.05, 0) is 32.0 Å². The van der Waals surface area contributed by atoms with Crippen LogP contribution in [-0.4, -0.2) is 35.6 Å². The van der Waals surface area contributed by atoms with E-state index >= 15 is 0 Å². The Morgan fingerprint density at radius 1 is 1.25 bits per heavy atom. The smallest absolute Gasteiger partial charge is 0.183 e. The largest absolute Gasteiger partial charge is 0.395 e. The van der Waals surface area contributed by atoms with Crippen molar-refractivity contribution in [3.63, 3.8) is 0 Å². The maximum Gasteiger partial charge on any atom is 0.183 e. The average Bonchev–Trinajstić information content (AvgIpc) is 2.78. The SMILES string of the molecule is Cc1cc(C(=O)CN(CCO)c2ccccc2)c(C)[nH]1. The molecule has 0 fully saturated rings. The van der Waals surface area contributed by atoms with Crippen LogP contribution in [0.5, 0.6) is 0 Å². The first kappa shape index (κ1) is 14.3. The van der Waals surface area contributed by atoms with Crippen LogP contribution in [-0.2, 0) is 0 Å². The fraction of sp³-hybridized carbons (Fsp3) is 0.312. The van der Waals surface area contributed by atoms with Gasteiger partial charge in [-0.25, -0.2) is 0 Å². The van der Waals surface area contributed by atoms with Crippen molar-refractivity contribution in [3.8, 4) is 0 Å². The molecule has 2 aromatic rings. The van der Waals surface area contributed by atoms with E-state index < -0.39 is 0 Å². The molecule has 0 spiro atoms. The number of aromatic amines is 1. The van der Waals surface area contributed by atoms with Crippen molar-refractivity contribution >= 4 is 11.5 Å². The van der Waals surface area contributed by atoms with Crippen LogP contribution >= 0.6 is 0 Å². The Bertz CT molecular complexity index is 575. The standard InChI is InChI=1S/C16H20N2O2/c1-12-10-15(13(2)17-12)16(20)11-18(8-9-19)14-6-4-3-5-7-14/h3-7,10,17,19H,8-9,11H2,1-2H3. The van der Waals surface area contributed by atoms with Gasteiger partial charge < -0.3 is 15.0 Å². The quantitative estimate of drug-likeness (QED) is 0.793. The van der Waals surface area contributed by atoms with E-state index in [0.29, 0.717) is 6.54 Å². The molecule has 0 unspecified atom stereocenters. The molecular formula is C16H20N2O2. The van der Waals surface area contributed by atoms with Gasteiger partial charge in [-0.3, -0.25) is 4.79 Å². The van der Waals surface area contributed by atoms with Crippen LogP contribution < -0.4 is 4.90 Å². The van der Waals surface area contributed by atoms with Gasteiger partial charge in [0.1, 0.15) is 0 Å². The van der Waals surface area contributed by atoms with Gasteiger partial charge >= 0.3 is 0 Å². The Kier molecular flexibility index (Phi) is 4.58. The highest BCUT2D eigenvalue weighted by Crippen LogP contribution is 2.16. The van der Waals surface area contributed by atoms with E-state index in [-0.39, 0.29) is 18.9 Å². The Morgan fingerprint density at radius 2 is 1.95 bits per heavy atom.